The van der Waals surface area contributed by atoms with Gasteiger partial charge in [-0.25, -0.2) is 0 Å². The molecule has 0 amide bonds. The monoisotopic (exact) mass is 299 g/mol. The third-order valence-electron chi connectivity index (χ3n) is 3.89. The summed E-state index contributed by atoms with van der Waals surface area (Å²) in [5, 5.41) is 5.31. The van der Waals surface area contributed by atoms with Crippen LogP contribution in [-0.2, 0) is 0 Å². The molecule has 4 heteroatoms. The standard InChI is InChI=1S/C19H13N3O/c23-22-17-12-16(21-18(17)14-7-2-1-3-8-14)19-15-9-5-4-6-13(15)10-11-20-19/h1-12,21H. The van der Waals surface area contributed by atoms with E-state index in [0.717, 1.165) is 27.7 Å². The van der Waals surface area contributed by atoms with Crippen LogP contribution in [-0.4, -0.2) is 9.97 Å². The molecule has 2 heterocycles. The Hall–Kier alpha value is -3.27. The maximum Gasteiger partial charge on any atom is 0.134 e. The summed E-state index contributed by atoms with van der Waals surface area (Å²) < 4.78 is 0. The highest BCUT2D eigenvalue weighted by Gasteiger charge is 2.14. The van der Waals surface area contributed by atoms with E-state index in [2.05, 4.69) is 15.1 Å². The lowest BCUT2D eigenvalue weighted by molar-refractivity contribution is 1.30. The van der Waals surface area contributed by atoms with Gasteiger partial charge in [0.25, 0.3) is 0 Å². The van der Waals surface area contributed by atoms with Gasteiger partial charge >= 0.3 is 0 Å². The summed E-state index contributed by atoms with van der Waals surface area (Å²) in [6, 6.07) is 21.5. The van der Waals surface area contributed by atoms with E-state index in [1.165, 1.54) is 0 Å². The van der Waals surface area contributed by atoms with Gasteiger partial charge in [0, 0.05) is 17.1 Å². The summed E-state index contributed by atoms with van der Waals surface area (Å²) in [6.07, 6.45) is 1.77. The van der Waals surface area contributed by atoms with Crippen molar-refractivity contribution in [1.82, 2.24) is 9.97 Å². The van der Waals surface area contributed by atoms with E-state index in [1.54, 1.807) is 12.3 Å². The number of hydrogen-bond donors (Lipinski definition) is 1. The quantitative estimate of drug-likeness (QED) is 0.522. The molecule has 0 aliphatic rings. The lowest BCUT2D eigenvalue weighted by atomic mass is 10.1. The molecule has 0 radical (unpaired) electrons. The minimum atomic E-state index is 0.390. The van der Waals surface area contributed by atoms with Gasteiger partial charge in [0.05, 0.1) is 17.1 Å². The van der Waals surface area contributed by atoms with E-state index in [4.69, 9.17) is 0 Å². The van der Waals surface area contributed by atoms with Crippen LogP contribution in [0.15, 0.2) is 78.1 Å². The van der Waals surface area contributed by atoms with E-state index >= 15 is 0 Å². The highest BCUT2D eigenvalue weighted by molar-refractivity contribution is 5.95. The Morgan fingerprint density at radius 3 is 2.52 bits per heavy atom. The lowest BCUT2D eigenvalue weighted by Crippen LogP contribution is -1.86. The molecule has 4 rings (SSSR count). The van der Waals surface area contributed by atoms with Crippen LogP contribution in [0.3, 0.4) is 0 Å². The normalized spacial score (nSPS) is 10.8. The van der Waals surface area contributed by atoms with Crippen LogP contribution >= 0.6 is 0 Å². The van der Waals surface area contributed by atoms with E-state index in [1.807, 2.05) is 60.7 Å². The predicted octanol–water partition coefficient (Wildman–Crippen LogP) is 5.29. The maximum atomic E-state index is 11.2. The Kier molecular flexibility index (Phi) is 3.20. The van der Waals surface area contributed by atoms with Gasteiger partial charge in [-0.15, -0.1) is 4.91 Å². The number of nitrogens with zero attached hydrogens (tertiary/aromatic N) is 2. The number of nitroso groups, excluding NO2 is 1. The van der Waals surface area contributed by atoms with Crippen LogP contribution < -0.4 is 0 Å². The number of nitrogens with one attached hydrogen (secondary N) is 1. The second-order valence-corrected chi connectivity index (χ2v) is 5.28. The maximum absolute atomic E-state index is 11.2. The molecule has 1 N–H and O–H groups in total. The topological polar surface area (TPSA) is 58.1 Å². The van der Waals surface area contributed by atoms with Crippen molar-refractivity contribution in [3.05, 3.63) is 77.8 Å². The third kappa shape index (κ3) is 2.30. The summed E-state index contributed by atoms with van der Waals surface area (Å²) >= 11 is 0. The fourth-order valence-electron chi connectivity index (χ4n) is 2.80. The van der Waals surface area contributed by atoms with Crippen LogP contribution in [0.25, 0.3) is 33.4 Å². The molecule has 0 aliphatic heterocycles. The van der Waals surface area contributed by atoms with Crippen molar-refractivity contribution in [2.45, 2.75) is 0 Å². The van der Waals surface area contributed by atoms with Crippen LogP contribution in [0.5, 0.6) is 0 Å². The Labute approximate surface area is 132 Å². The lowest BCUT2D eigenvalue weighted by Gasteiger charge is -2.03. The van der Waals surface area contributed by atoms with E-state index in [0.29, 0.717) is 11.4 Å². The Morgan fingerprint density at radius 1 is 0.913 bits per heavy atom. The molecule has 0 saturated heterocycles. The largest absolute Gasteiger partial charge is 0.351 e. The molecule has 0 unspecified atom stereocenters. The van der Waals surface area contributed by atoms with Crippen molar-refractivity contribution in [3.63, 3.8) is 0 Å². The highest BCUT2D eigenvalue weighted by Crippen LogP contribution is 2.35. The number of aromatic amines is 1. The zero-order chi connectivity index (χ0) is 15.6. The van der Waals surface area contributed by atoms with Gasteiger partial charge in [-0.2, -0.15) is 0 Å². The average Bonchev–Trinajstić information content (AvgIpc) is 3.06. The molecule has 0 fully saturated rings. The molecule has 0 atom stereocenters. The Morgan fingerprint density at radius 2 is 1.70 bits per heavy atom. The van der Waals surface area contributed by atoms with Crippen molar-refractivity contribution in [2.24, 2.45) is 5.18 Å². The predicted molar refractivity (Wildman–Crippen MR) is 92.4 cm³/mol. The van der Waals surface area contributed by atoms with Crippen LogP contribution in [0.1, 0.15) is 0 Å². The smallest absolute Gasteiger partial charge is 0.134 e. The number of fused-ring (bicyclic) bond motifs is 1. The molecule has 2 aromatic carbocycles. The van der Waals surface area contributed by atoms with Gasteiger partial charge < -0.3 is 4.98 Å². The van der Waals surface area contributed by atoms with E-state index in [9.17, 15) is 4.91 Å². The number of aromatic nitrogens is 2. The number of rotatable bonds is 3. The summed E-state index contributed by atoms with van der Waals surface area (Å²) in [5.74, 6) is 0. The molecule has 0 spiro atoms. The second-order valence-electron chi connectivity index (χ2n) is 5.28. The molecular formula is C19H13N3O. The zero-order valence-electron chi connectivity index (χ0n) is 12.2. The van der Waals surface area contributed by atoms with Crippen LogP contribution in [0, 0.1) is 4.91 Å². The first-order valence-electron chi connectivity index (χ1n) is 7.33. The molecule has 4 nitrogen and oxygen atoms in total. The number of H-pyrrole nitrogens is 1. The summed E-state index contributed by atoms with van der Waals surface area (Å²) in [5.41, 5.74) is 3.63. The first-order chi connectivity index (χ1) is 11.4. The van der Waals surface area contributed by atoms with E-state index in [-0.39, 0.29) is 0 Å². The fraction of sp³-hybridized carbons (Fsp3) is 0. The third-order valence-corrected chi connectivity index (χ3v) is 3.89. The van der Waals surface area contributed by atoms with Crippen molar-refractivity contribution >= 4 is 16.5 Å². The van der Waals surface area contributed by atoms with E-state index < -0.39 is 0 Å². The molecule has 4 aromatic rings. The number of benzene rings is 2. The summed E-state index contributed by atoms with van der Waals surface area (Å²) in [7, 11) is 0. The second kappa shape index (κ2) is 5.50. The Balaban J connectivity index is 1.93. The molecule has 0 saturated carbocycles. The average molecular weight is 299 g/mol. The molecular weight excluding hydrogens is 286 g/mol. The zero-order valence-corrected chi connectivity index (χ0v) is 12.2. The first kappa shape index (κ1) is 13.4. The molecule has 0 bridgehead atoms. The molecule has 110 valence electrons. The van der Waals surface area contributed by atoms with Crippen molar-refractivity contribution in [2.75, 3.05) is 0 Å². The van der Waals surface area contributed by atoms with Gasteiger partial charge in [0.2, 0.25) is 0 Å². The first-order valence-corrected chi connectivity index (χ1v) is 7.33. The van der Waals surface area contributed by atoms with Crippen LogP contribution in [0.2, 0.25) is 0 Å². The number of pyridine rings is 1. The Bertz CT molecular complexity index is 985. The van der Waals surface area contributed by atoms with Gasteiger partial charge in [-0.1, -0.05) is 54.6 Å². The SMILES string of the molecule is O=Nc1cc(-c2nccc3ccccc23)[nH]c1-c1ccccc1. The summed E-state index contributed by atoms with van der Waals surface area (Å²) in [4.78, 5) is 19.0. The number of hydrogen-bond acceptors (Lipinski definition) is 3. The highest BCUT2D eigenvalue weighted by atomic mass is 16.3. The van der Waals surface area contributed by atoms with Gasteiger partial charge in [0.15, 0.2) is 0 Å². The minimum Gasteiger partial charge on any atom is -0.351 e. The molecule has 23 heavy (non-hydrogen) atoms. The minimum absolute atomic E-state index is 0.390. The summed E-state index contributed by atoms with van der Waals surface area (Å²) in [6.45, 7) is 0. The molecule has 0 aliphatic carbocycles. The van der Waals surface area contributed by atoms with Crippen LogP contribution in [0.4, 0.5) is 5.69 Å². The van der Waals surface area contributed by atoms with Crippen molar-refractivity contribution in [1.29, 1.82) is 0 Å². The molecule has 2 aromatic heterocycles. The van der Waals surface area contributed by atoms with Crippen molar-refractivity contribution in [3.8, 4) is 22.6 Å². The van der Waals surface area contributed by atoms with Crippen molar-refractivity contribution < 1.29 is 0 Å². The fourth-order valence-corrected chi connectivity index (χ4v) is 2.80. The van der Waals surface area contributed by atoms with Gasteiger partial charge in [-0.3, -0.25) is 4.98 Å². The van der Waals surface area contributed by atoms with Gasteiger partial charge in [0.1, 0.15) is 5.69 Å². The van der Waals surface area contributed by atoms with Gasteiger partial charge in [-0.05, 0) is 22.7 Å².